The molecule has 2 aromatic heterocycles. The molecule has 0 spiro atoms. The molecule has 0 saturated carbocycles. The summed E-state index contributed by atoms with van der Waals surface area (Å²) in [5.74, 6) is 0. The lowest BCUT2D eigenvalue weighted by Crippen LogP contribution is -2.39. The first-order valence-electron chi connectivity index (χ1n) is 8.81. The summed E-state index contributed by atoms with van der Waals surface area (Å²) < 4.78 is 5.73. The standard InChI is InChI=1S/C20H21N3O2S/c24-20(22-17-5-6-19-16(11-17)3-1-8-21-19)23(12-15-7-10-26-14-15)13-18-4-2-9-25-18/h1,3,5-8,10-11,14,18H,2,4,9,12-13H2,(H,22,24). The van der Waals surface area contributed by atoms with Crippen molar-refractivity contribution in [1.29, 1.82) is 0 Å². The molecular formula is C20H21N3O2S. The second-order valence-electron chi connectivity index (χ2n) is 6.49. The number of nitrogens with one attached hydrogen (secondary N) is 1. The third-order valence-corrected chi connectivity index (χ3v) is 5.28. The van der Waals surface area contributed by atoms with E-state index in [0.717, 1.165) is 41.6 Å². The molecule has 1 saturated heterocycles. The number of fused-ring (bicyclic) bond motifs is 1. The molecule has 0 aliphatic carbocycles. The van der Waals surface area contributed by atoms with Gasteiger partial charge in [-0.3, -0.25) is 4.98 Å². The molecule has 0 bridgehead atoms. The van der Waals surface area contributed by atoms with Crippen LogP contribution in [0.3, 0.4) is 0 Å². The lowest BCUT2D eigenvalue weighted by molar-refractivity contribution is 0.0819. The molecule has 3 heterocycles. The van der Waals surface area contributed by atoms with E-state index in [4.69, 9.17) is 4.74 Å². The summed E-state index contributed by atoms with van der Waals surface area (Å²) in [5, 5.41) is 8.15. The van der Waals surface area contributed by atoms with Gasteiger partial charge >= 0.3 is 6.03 Å². The van der Waals surface area contributed by atoms with Gasteiger partial charge in [-0.1, -0.05) is 6.07 Å². The molecule has 1 atom stereocenters. The Morgan fingerprint density at radius 2 is 2.31 bits per heavy atom. The molecule has 4 rings (SSSR count). The number of thiophene rings is 1. The SMILES string of the molecule is O=C(Nc1ccc2ncccc2c1)N(Cc1ccsc1)CC1CCCO1. The van der Waals surface area contributed by atoms with Crippen molar-refractivity contribution in [2.24, 2.45) is 0 Å². The maximum absolute atomic E-state index is 12.9. The molecule has 1 N–H and O–H groups in total. The molecular weight excluding hydrogens is 346 g/mol. The number of aromatic nitrogens is 1. The Labute approximate surface area is 156 Å². The average molecular weight is 367 g/mol. The van der Waals surface area contributed by atoms with Gasteiger partial charge in [0.2, 0.25) is 0 Å². The van der Waals surface area contributed by atoms with Gasteiger partial charge in [-0.05, 0) is 59.5 Å². The Morgan fingerprint density at radius 3 is 3.12 bits per heavy atom. The molecule has 1 unspecified atom stereocenters. The number of pyridine rings is 1. The maximum atomic E-state index is 12.9. The van der Waals surface area contributed by atoms with Gasteiger partial charge in [0.05, 0.1) is 11.6 Å². The predicted octanol–water partition coefficient (Wildman–Crippen LogP) is 4.51. The molecule has 1 fully saturated rings. The van der Waals surface area contributed by atoms with Crippen molar-refractivity contribution in [2.75, 3.05) is 18.5 Å². The first-order valence-corrected chi connectivity index (χ1v) is 9.75. The fourth-order valence-electron chi connectivity index (χ4n) is 3.21. The van der Waals surface area contributed by atoms with Gasteiger partial charge < -0.3 is 15.0 Å². The van der Waals surface area contributed by atoms with Crippen molar-refractivity contribution >= 4 is 34.0 Å². The molecule has 5 nitrogen and oxygen atoms in total. The van der Waals surface area contributed by atoms with Crippen LogP contribution < -0.4 is 5.32 Å². The smallest absolute Gasteiger partial charge is 0.322 e. The number of urea groups is 1. The summed E-state index contributed by atoms with van der Waals surface area (Å²) in [6.07, 6.45) is 3.97. The van der Waals surface area contributed by atoms with Crippen LogP contribution in [0.1, 0.15) is 18.4 Å². The highest BCUT2D eigenvalue weighted by atomic mass is 32.1. The number of hydrogen-bond donors (Lipinski definition) is 1. The highest BCUT2D eigenvalue weighted by Gasteiger charge is 2.23. The van der Waals surface area contributed by atoms with E-state index in [9.17, 15) is 4.79 Å². The summed E-state index contributed by atoms with van der Waals surface area (Å²) in [7, 11) is 0. The van der Waals surface area contributed by atoms with E-state index in [2.05, 4.69) is 21.7 Å². The average Bonchev–Trinajstić information content (AvgIpc) is 3.35. The lowest BCUT2D eigenvalue weighted by Gasteiger charge is -2.25. The number of carbonyl (C=O) groups excluding carboxylic acids is 1. The third kappa shape index (κ3) is 4.03. The molecule has 134 valence electrons. The minimum absolute atomic E-state index is 0.102. The van der Waals surface area contributed by atoms with Crippen LogP contribution >= 0.6 is 11.3 Å². The number of carbonyl (C=O) groups is 1. The summed E-state index contributed by atoms with van der Waals surface area (Å²) in [6, 6.07) is 11.6. The van der Waals surface area contributed by atoms with Gasteiger partial charge in [-0.15, -0.1) is 0 Å². The van der Waals surface area contributed by atoms with Crippen LogP contribution in [-0.4, -0.2) is 35.2 Å². The van der Waals surface area contributed by atoms with Crippen LogP contribution in [0.25, 0.3) is 10.9 Å². The van der Waals surface area contributed by atoms with Gasteiger partial charge in [-0.25, -0.2) is 4.79 Å². The number of benzene rings is 1. The fraction of sp³-hybridized carbons (Fsp3) is 0.300. The Hall–Kier alpha value is -2.44. The number of hydrogen-bond acceptors (Lipinski definition) is 4. The molecule has 6 heteroatoms. The molecule has 0 radical (unpaired) electrons. The van der Waals surface area contributed by atoms with E-state index < -0.39 is 0 Å². The van der Waals surface area contributed by atoms with Crippen molar-refractivity contribution in [3.8, 4) is 0 Å². The number of rotatable bonds is 5. The number of anilines is 1. The molecule has 26 heavy (non-hydrogen) atoms. The van der Waals surface area contributed by atoms with Gasteiger partial charge in [-0.2, -0.15) is 11.3 Å². The molecule has 3 aromatic rings. The summed E-state index contributed by atoms with van der Waals surface area (Å²) in [5.41, 5.74) is 2.84. The highest BCUT2D eigenvalue weighted by molar-refractivity contribution is 7.07. The Balaban J connectivity index is 1.50. The Bertz CT molecular complexity index is 876. The Morgan fingerprint density at radius 1 is 1.35 bits per heavy atom. The maximum Gasteiger partial charge on any atom is 0.322 e. The van der Waals surface area contributed by atoms with Crippen molar-refractivity contribution in [3.63, 3.8) is 0 Å². The van der Waals surface area contributed by atoms with E-state index in [0.29, 0.717) is 13.1 Å². The number of nitrogens with zero attached hydrogens (tertiary/aromatic N) is 2. The minimum Gasteiger partial charge on any atom is -0.376 e. The van der Waals surface area contributed by atoms with E-state index in [1.54, 1.807) is 17.5 Å². The summed E-state index contributed by atoms with van der Waals surface area (Å²) >= 11 is 1.64. The fourth-order valence-corrected chi connectivity index (χ4v) is 3.87. The zero-order valence-electron chi connectivity index (χ0n) is 14.4. The highest BCUT2D eigenvalue weighted by Crippen LogP contribution is 2.20. The van der Waals surface area contributed by atoms with Gasteiger partial charge in [0.15, 0.2) is 0 Å². The minimum atomic E-state index is -0.102. The molecule has 1 aromatic carbocycles. The van der Waals surface area contributed by atoms with Gasteiger partial charge in [0.1, 0.15) is 0 Å². The van der Waals surface area contributed by atoms with E-state index >= 15 is 0 Å². The van der Waals surface area contributed by atoms with Crippen molar-refractivity contribution < 1.29 is 9.53 Å². The number of ether oxygens (including phenoxy) is 1. The van der Waals surface area contributed by atoms with Crippen LogP contribution in [0, 0.1) is 0 Å². The van der Waals surface area contributed by atoms with E-state index in [-0.39, 0.29) is 12.1 Å². The second-order valence-corrected chi connectivity index (χ2v) is 7.27. The van der Waals surface area contributed by atoms with Crippen molar-refractivity contribution in [1.82, 2.24) is 9.88 Å². The number of amides is 2. The third-order valence-electron chi connectivity index (χ3n) is 4.54. The van der Waals surface area contributed by atoms with Gasteiger partial charge in [0.25, 0.3) is 0 Å². The molecule has 2 amide bonds. The first kappa shape index (κ1) is 17.0. The van der Waals surface area contributed by atoms with Crippen LogP contribution in [0.2, 0.25) is 0 Å². The van der Waals surface area contributed by atoms with E-state index in [1.807, 2.05) is 40.6 Å². The second kappa shape index (κ2) is 7.85. The molecule has 1 aliphatic heterocycles. The zero-order valence-corrected chi connectivity index (χ0v) is 15.2. The lowest BCUT2D eigenvalue weighted by atomic mass is 10.2. The van der Waals surface area contributed by atoms with E-state index in [1.165, 1.54) is 0 Å². The zero-order chi connectivity index (χ0) is 17.8. The van der Waals surface area contributed by atoms with Crippen molar-refractivity contribution in [3.05, 3.63) is 58.9 Å². The van der Waals surface area contributed by atoms with Crippen LogP contribution in [-0.2, 0) is 11.3 Å². The Kier molecular flexibility index (Phi) is 5.13. The van der Waals surface area contributed by atoms with Gasteiger partial charge in [0, 0.05) is 37.0 Å². The first-order chi connectivity index (χ1) is 12.8. The normalized spacial score (nSPS) is 16.7. The summed E-state index contributed by atoms with van der Waals surface area (Å²) in [6.45, 7) is 1.98. The van der Waals surface area contributed by atoms with Crippen LogP contribution in [0.5, 0.6) is 0 Å². The summed E-state index contributed by atoms with van der Waals surface area (Å²) in [4.78, 5) is 19.1. The quantitative estimate of drug-likeness (QED) is 0.722. The van der Waals surface area contributed by atoms with Crippen LogP contribution in [0.4, 0.5) is 10.5 Å². The largest absolute Gasteiger partial charge is 0.376 e. The topological polar surface area (TPSA) is 54.5 Å². The molecule has 1 aliphatic rings. The van der Waals surface area contributed by atoms with Crippen molar-refractivity contribution in [2.45, 2.75) is 25.5 Å². The monoisotopic (exact) mass is 367 g/mol. The predicted molar refractivity (Wildman–Crippen MR) is 104 cm³/mol. The van der Waals surface area contributed by atoms with Crippen LogP contribution in [0.15, 0.2) is 53.4 Å².